The van der Waals surface area contributed by atoms with Crippen LogP contribution in [0.2, 0.25) is 0 Å². The maximum atomic E-state index is 12.9. The molecular weight excluding hydrogens is 582 g/mol. The third kappa shape index (κ3) is 7.91. The van der Waals surface area contributed by atoms with E-state index in [0.29, 0.717) is 36.0 Å². The summed E-state index contributed by atoms with van der Waals surface area (Å²) in [6.45, 7) is 7.24. The van der Waals surface area contributed by atoms with Gasteiger partial charge in [0, 0.05) is 11.1 Å². The number of ketones is 1. The predicted octanol–water partition coefficient (Wildman–Crippen LogP) is 9.43. The number of methoxy groups -OCH3 is 2. The van der Waals surface area contributed by atoms with Crippen LogP contribution in [0.5, 0.6) is 23.0 Å². The summed E-state index contributed by atoms with van der Waals surface area (Å²) < 4.78 is 24.3. The summed E-state index contributed by atoms with van der Waals surface area (Å²) in [4.78, 5) is 17.6. The van der Waals surface area contributed by atoms with Crippen molar-refractivity contribution in [3.8, 4) is 33.6 Å². The summed E-state index contributed by atoms with van der Waals surface area (Å²) in [7, 11) is 3.24. The van der Waals surface area contributed by atoms with Gasteiger partial charge in [-0.2, -0.15) is 0 Å². The quantitative estimate of drug-likeness (QED) is 0.0699. The van der Waals surface area contributed by atoms with Gasteiger partial charge in [0.1, 0.15) is 16.5 Å². The molecule has 0 saturated heterocycles. The molecular formula is C38H39NO5S. The zero-order valence-corrected chi connectivity index (χ0v) is 27.3. The molecule has 0 unspecified atom stereocenters. The van der Waals surface area contributed by atoms with E-state index in [1.807, 2.05) is 62.4 Å². The maximum Gasteiger partial charge on any atom is 0.185 e. The Labute approximate surface area is 269 Å². The summed E-state index contributed by atoms with van der Waals surface area (Å²) in [5.74, 6) is 2.84. The molecule has 5 aromatic rings. The minimum Gasteiger partial charge on any atom is -0.496 e. The fraction of sp³-hybridized carbons (Fsp3) is 0.263. The Morgan fingerprint density at radius 2 is 1.49 bits per heavy atom. The predicted molar refractivity (Wildman–Crippen MR) is 183 cm³/mol. The Hall–Kier alpha value is -4.62. The first kappa shape index (κ1) is 31.8. The minimum absolute atomic E-state index is 0.0868. The van der Waals surface area contributed by atoms with Gasteiger partial charge in [-0.05, 0) is 123 Å². The van der Waals surface area contributed by atoms with Crippen molar-refractivity contribution in [1.29, 1.82) is 0 Å². The molecule has 0 aliphatic heterocycles. The third-order valence-electron chi connectivity index (χ3n) is 7.76. The number of allylic oxidation sites excluding steroid dienone is 1. The lowest BCUT2D eigenvalue weighted by Crippen LogP contribution is -2.02. The summed E-state index contributed by atoms with van der Waals surface area (Å²) >= 11 is 1.71. The van der Waals surface area contributed by atoms with E-state index in [2.05, 4.69) is 25.1 Å². The number of para-hydroxylation sites is 1. The van der Waals surface area contributed by atoms with Crippen LogP contribution in [-0.4, -0.2) is 38.2 Å². The Kier molecular flexibility index (Phi) is 10.5. The summed E-state index contributed by atoms with van der Waals surface area (Å²) in [6, 6.07) is 23.8. The Bertz CT molecular complexity index is 1790. The molecule has 0 bridgehead atoms. The van der Waals surface area contributed by atoms with Crippen molar-refractivity contribution >= 4 is 33.4 Å². The number of aryl methyl sites for hydroxylation is 2. The van der Waals surface area contributed by atoms with Crippen LogP contribution in [0.1, 0.15) is 51.9 Å². The van der Waals surface area contributed by atoms with Crippen LogP contribution in [0.4, 0.5) is 0 Å². The van der Waals surface area contributed by atoms with Gasteiger partial charge in [-0.25, -0.2) is 4.98 Å². The molecule has 1 heterocycles. The van der Waals surface area contributed by atoms with Crippen LogP contribution in [-0.2, 0) is 0 Å². The van der Waals surface area contributed by atoms with Gasteiger partial charge in [-0.15, -0.1) is 11.3 Å². The van der Waals surface area contributed by atoms with E-state index in [4.69, 9.17) is 23.9 Å². The molecule has 0 atom stereocenters. The molecule has 0 aliphatic carbocycles. The molecule has 0 fully saturated rings. The Morgan fingerprint density at radius 3 is 2.22 bits per heavy atom. The number of carbonyl (C=O) groups is 1. The second kappa shape index (κ2) is 14.9. The van der Waals surface area contributed by atoms with Gasteiger partial charge in [-0.1, -0.05) is 24.3 Å². The molecule has 45 heavy (non-hydrogen) atoms. The first-order valence-electron chi connectivity index (χ1n) is 15.1. The van der Waals surface area contributed by atoms with E-state index in [-0.39, 0.29) is 5.78 Å². The fourth-order valence-electron chi connectivity index (χ4n) is 5.04. The van der Waals surface area contributed by atoms with Crippen molar-refractivity contribution in [1.82, 2.24) is 4.98 Å². The van der Waals surface area contributed by atoms with E-state index in [9.17, 15) is 4.79 Å². The number of aromatic nitrogens is 1. The van der Waals surface area contributed by atoms with Gasteiger partial charge in [0.25, 0.3) is 0 Å². The largest absolute Gasteiger partial charge is 0.496 e. The molecule has 0 amide bonds. The number of thiazole rings is 1. The monoisotopic (exact) mass is 621 g/mol. The number of fused-ring (bicyclic) bond motifs is 1. The number of hydrogen-bond donors (Lipinski definition) is 0. The number of rotatable bonds is 14. The molecule has 0 aliphatic rings. The molecule has 4 aromatic carbocycles. The number of nitrogens with zero attached hydrogens (tertiary/aromatic N) is 1. The van der Waals surface area contributed by atoms with Crippen LogP contribution in [0.3, 0.4) is 0 Å². The highest BCUT2D eigenvalue weighted by Gasteiger charge is 2.11. The number of hydrogen-bond acceptors (Lipinski definition) is 7. The molecule has 0 N–H and O–H groups in total. The van der Waals surface area contributed by atoms with E-state index >= 15 is 0 Å². The molecule has 0 radical (unpaired) electrons. The smallest absolute Gasteiger partial charge is 0.185 e. The molecule has 232 valence electrons. The van der Waals surface area contributed by atoms with Crippen LogP contribution in [0.15, 0.2) is 78.9 Å². The highest BCUT2D eigenvalue weighted by molar-refractivity contribution is 7.21. The molecule has 1 aromatic heterocycles. The zero-order valence-electron chi connectivity index (χ0n) is 26.5. The number of carbonyl (C=O) groups excluding carboxylic acids is 1. The van der Waals surface area contributed by atoms with Crippen LogP contribution >= 0.6 is 11.3 Å². The van der Waals surface area contributed by atoms with E-state index in [1.54, 1.807) is 43.8 Å². The third-order valence-corrected chi connectivity index (χ3v) is 8.84. The Balaban J connectivity index is 1.08. The molecule has 5 rings (SSSR count). The Morgan fingerprint density at radius 1 is 0.756 bits per heavy atom. The molecule has 6 nitrogen and oxygen atoms in total. The lowest BCUT2D eigenvalue weighted by Gasteiger charge is -2.12. The lowest BCUT2D eigenvalue weighted by atomic mass is 10.0. The topological polar surface area (TPSA) is 66.9 Å². The first-order valence-corrected chi connectivity index (χ1v) is 16.0. The van der Waals surface area contributed by atoms with Crippen LogP contribution < -0.4 is 18.9 Å². The van der Waals surface area contributed by atoms with E-state index < -0.39 is 0 Å². The van der Waals surface area contributed by atoms with E-state index in [0.717, 1.165) is 63.4 Å². The van der Waals surface area contributed by atoms with Crippen molar-refractivity contribution in [2.75, 3.05) is 27.4 Å². The van der Waals surface area contributed by atoms with Gasteiger partial charge in [0.15, 0.2) is 17.3 Å². The normalized spacial score (nSPS) is 11.2. The van der Waals surface area contributed by atoms with Crippen molar-refractivity contribution < 1.29 is 23.7 Å². The molecule has 7 heteroatoms. The molecule has 0 spiro atoms. The van der Waals surface area contributed by atoms with Crippen LogP contribution in [0.25, 0.3) is 26.9 Å². The summed E-state index contributed by atoms with van der Waals surface area (Å²) in [6.07, 6.45) is 6.15. The van der Waals surface area contributed by atoms with Crippen molar-refractivity contribution in [3.05, 3.63) is 107 Å². The van der Waals surface area contributed by atoms with E-state index in [1.165, 1.54) is 4.70 Å². The zero-order chi connectivity index (χ0) is 31.8. The van der Waals surface area contributed by atoms with Crippen molar-refractivity contribution in [2.45, 2.75) is 40.0 Å². The highest BCUT2D eigenvalue weighted by Crippen LogP contribution is 2.33. The van der Waals surface area contributed by atoms with Gasteiger partial charge >= 0.3 is 0 Å². The average Bonchev–Trinajstić information content (AvgIpc) is 3.49. The summed E-state index contributed by atoms with van der Waals surface area (Å²) in [5.41, 5.74) is 6.75. The SMILES string of the molecule is COc1ccc(/C=C/C(=O)c2cc(C)c(C)c(OC)c2)cc1OCCCCCOc1ccc(-c2nc3ccccc3s2)cc1C. The van der Waals surface area contributed by atoms with Crippen LogP contribution in [0, 0.1) is 20.8 Å². The van der Waals surface area contributed by atoms with Crippen molar-refractivity contribution in [2.24, 2.45) is 0 Å². The second-order valence-electron chi connectivity index (χ2n) is 11.0. The number of unbranched alkanes of at least 4 members (excludes halogenated alkanes) is 2. The number of ether oxygens (including phenoxy) is 4. The van der Waals surface area contributed by atoms with Gasteiger partial charge in [0.05, 0.1) is 37.6 Å². The lowest BCUT2D eigenvalue weighted by molar-refractivity contribution is 0.104. The second-order valence-corrected chi connectivity index (χ2v) is 12.0. The summed E-state index contributed by atoms with van der Waals surface area (Å²) in [5, 5.41) is 1.02. The van der Waals surface area contributed by atoms with Gasteiger partial charge in [-0.3, -0.25) is 4.79 Å². The highest BCUT2D eigenvalue weighted by atomic mass is 32.1. The fourth-order valence-corrected chi connectivity index (χ4v) is 6.01. The first-order chi connectivity index (χ1) is 21.9. The average molecular weight is 622 g/mol. The minimum atomic E-state index is -0.0868. The van der Waals surface area contributed by atoms with Gasteiger partial charge in [0.2, 0.25) is 0 Å². The van der Waals surface area contributed by atoms with Gasteiger partial charge < -0.3 is 18.9 Å². The standard InChI is InChI=1S/C38H39NO5S/c1-25-21-30(24-35(42-5)27(25)3)32(40)16-13-28-14-17-34(41-4)36(23-28)44-20-10-6-9-19-43-33-18-15-29(22-26(33)2)38-39-31-11-7-8-12-37(31)45-38/h7-8,11-18,21-24H,6,9-10,19-20H2,1-5H3/b16-13+. The van der Waals surface area contributed by atoms with Crippen molar-refractivity contribution in [3.63, 3.8) is 0 Å². The number of benzene rings is 4. The molecule has 0 saturated carbocycles. The maximum absolute atomic E-state index is 12.9.